The van der Waals surface area contributed by atoms with E-state index in [2.05, 4.69) is 29.5 Å². The van der Waals surface area contributed by atoms with Gasteiger partial charge in [-0.15, -0.1) is 20.4 Å². The second-order valence-corrected chi connectivity index (χ2v) is 4.28. The van der Waals surface area contributed by atoms with Crippen LogP contribution in [0.3, 0.4) is 0 Å². The van der Waals surface area contributed by atoms with Crippen molar-refractivity contribution in [3.63, 3.8) is 0 Å². The van der Waals surface area contributed by atoms with Crippen LogP contribution in [0.5, 0.6) is 0 Å². The molecular weight excluding hydrogens is 204 g/mol. The molecule has 6 heteroatoms. The molecule has 0 radical (unpaired) electrons. The van der Waals surface area contributed by atoms with E-state index in [0.717, 1.165) is 0 Å². The van der Waals surface area contributed by atoms with Gasteiger partial charge in [0.25, 0.3) is 0 Å². The molecule has 1 aliphatic rings. The minimum atomic E-state index is 0.558. The van der Waals surface area contributed by atoms with Crippen LogP contribution < -0.4 is 0 Å². The second-order valence-electron chi connectivity index (χ2n) is 4.28. The Morgan fingerprint density at radius 3 is 1.25 bits per heavy atom. The normalized spacial score (nSPS) is 25.8. The predicted molar refractivity (Wildman–Crippen MR) is 56.6 cm³/mol. The molecule has 1 aliphatic carbocycles. The van der Waals surface area contributed by atoms with Crippen molar-refractivity contribution in [1.29, 1.82) is 0 Å². The maximum Gasteiger partial charge on any atom is 0.119 e. The van der Waals surface area contributed by atoms with Gasteiger partial charge in [-0.1, -0.05) is 0 Å². The molecule has 0 saturated heterocycles. The van der Waals surface area contributed by atoms with Gasteiger partial charge in [0, 0.05) is 12.1 Å². The summed E-state index contributed by atoms with van der Waals surface area (Å²) in [6, 6.07) is 1.12. The van der Waals surface area contributed by atoms with Gasteiger partial charge in [0.2, 0.25) is 0 Å². The van der Waals surface area contributed by atoms with E-state index in [1.165, 1.54) is 25.7 Å². The minimum Gasteiger partial charge on any atom is -0.317 e. The van der Waals surface area contributed by atoms with Gasteiger partial charge in [-0.25, -0.2) is 0 Å². The molecule has 2 aromatic heterocycles. The molecular formula is C10H14N6. The molecule has 3 rings (SSSR count). The van der Waals surface area contributed by atoms with Gasteiger partial charge < -0.3 is 9.13 Å². The molecule has 0 atom stereocenters. The molecule has 2 heterocycles. The smallest absolute Gasteiger partial charge is 0.119 e. The van der Waals surface area contributed by atoms with Crippen LogP contribution in [0.2, 0.25) is 0 Å². The molecule has 84 valence electrons. The molecule has 0 bridgehead atoms. The Kier molecular flexibility index (Phi) is 2.40. The van der Waals surface area contributed by atoms with Gasteiger partial charge in [-0.05, 0) is 25.7 Å². The second kappa shape index (κ2) is 4.03. The quantitative estimate of drug-likeness (QED) is 0.760. The Labute approximate surface area is 93.3 Å². The average molecular weight is 218 g/mol. The Morgan fingerprint density at radius 1 is 0.625 bits per heavy atom. The average Bonchev–Trinajstić information content (AvgIpc) is 3.03. The lowest BCUT2D eigenvalue weighted by atomic mass is 9.91. The zero-order valence-corrected chi connectivity index (χ0v) is 8.98. The van der Waals surface area contributed by atoms with Gasteiger partial charge in [-0.3, -0.25) is 0 Å². The minimum absolute atomic E-state index is 0.558. The summed E-state index contributed by atoms with van der Waals surface area (Å²) in [5, 5.41) is 15.4. The lowest BCUT2D eigenvalue weighted by Crippen LogP contribution is -2.19. The van der Waals surface area contributed by atoms with Crippen LogP contribution in [0, 0.1) is 0 Å². The van der Waals surface area contributed by atoms with E-state index < -0.39 is 0 Å². The number of nitrogens with zero attached hydrogens (tertiary/aromatic N) is 6. The lowest BCUT2D eigenvalue weighted by Gasteiger charge is -2.29. The van der Waals surface area contributed by atoms with Crippen LogP contribution in [-0.2, 0) is 0 Å². The van der Waals surface area contributed by atoms with Crippen LogP contribution in [0.4, 0.5) is 0 Å². The third-order valence-corrected chi connectivity index (χ3v) is 3.38. The highest BCUT2D eigenvalue weighted by Gasteiger charge is 2.23. The monoisotopic (exact) mass is 218 g/mol. The van der Waals surface area contributed by atoms with Crippen molar-refractivity contribution >= 4 is 0 Å². The molecule has 0 amide bonds. The standard InChI is InChI=1S/C10H14N6/c1-2-10(16-7-13-14-8-16)4-3-9(1)15-5-11-12-6-15/h5-10H,1-4H2. The summed E-state index contributed by atoms with van der Waals surface area (Å²) < 4.78 is 4.23. The molecule has 16 heavy (non-hydrogen) atoms. The van der Waals surface area contributed by atoms with Gasteiger partial charge in [0.1, 0.15) is 25.3 Å². The molecule has 2 aromatic rings. The first-order valence-corrected chi connectivity index (χ1v) is 5.61. The van der Waals surface area contributed by atoms with E-state index in [1.807, 2.05) is 25.3 Å². The highest BCUT2D eigenvalue weighted by Crippen LogP contribution is 2.34. The number of rotatable bonds is 2. The fourth-order valence-corrected chi connectivity index (χ4v) is 2.45. The molecule has 1 saturated carbocycles. The Hall–Kier alpha value is -1.72. The first-order chi connectivity index (χ1) is 7.93. The number of aromatic nitrogens is 6. The van der Waals surface area contributed by atoms with Crippen molar-refractivity contribution in [3.05, 3.63) is 25.3 Å². The van der Waals surface area contributed by atoms with Crippen molar-refractivity contribution in [3.8, 4) is 0 Å². The Balaban J connectivity index is 1.64. The predicted octanol–water partition coefficient (Wildman–Crippen LogP) is 1.23. The van der Waals surface area contributed by atoms with Crippen molar-refractivity contribution in [2.24, 2.45) is 0 Å². The highest BCUT2D eigenvalue weighted by atomic mass is 15.3. The Morgan fingerprint density at radius 2 is 0.938 bits per heavy atom. The zero-order valence-electron chi connectivity index (χ0n) is 8.98. The maximum atomic E-state index is 3.85. The van der Waals surface area contributed by atoms with E-state index in [9.17, 15) is 0 Å². The van der Waals surface area contributed by atoms with Crippen LogP contribution >= 0.6 is 0 Å². The van der Waals surface area contributed by atoms with Crippen molar-refractivity contribution in [1.82, 2.24) is 29.5 Å². The largest absolute Gasteiger partial charge is 0.317 e. The Bertz CT molecular complexity index is 370. The molecule has 0 aromatic carbocycles. The van der Waals surface area contributed by atoms with Crippen molar-refractivity contribution < 1.29 is 0 Å². The van der Waals surface area contributed by atoms with Crippen molar-refractivity contribution in [2.75, 3.05) is 0 Å². The molecule has 0 N–H and O–H groups in total. The highest BCUT2D eigenvalue weighted by molar-refractivity contribution is 4.83. The third kappa shape index (κ3) is 1.70. The summed E-state index contributed by atoms with van der Waals surface area (Å²) in [5.74, 6) is 0. The van der Waals surface area contributed by atoms with E-state index >= 15 is 0 Å². The van der Waals surface area contributed by atoms with Gasteiger partial charge >= 0.3 is 0 Å². The maximum absolute atomic E-state index is 3.85. The summed E-state index contributed by atoms with van der Waals surface area (Å²) in [7, 11) is 0. The summed E-state index contributed by atoms with van der Waals surface area (Å²) in [6.07, 6.45) is 11.9. The van der Waals surface area contributed by atoms with Gasteiger partial charge in [-0.2, -0.15) is 0 Å². The van der Waals surface area contributed by atoms with Gasteiger partial charge in [0.05, 0.1) is 0 Å². The fraction of sp³-hybridized carbons (Fsp3) is 0.600. The zero-order chi connectivity index (χ0) is 10.8. The van der Waals surface area contributed by atoms with Crippen LogP contribution in [0.25, 0.3) is 0 Å². The first kappa shape index (κ1) is 9.50. The molecule has 1 fully saturated rings. The fourth-order valence-electron chi connectivity index (χ4n) is 2.45. The summed E-state index contributed by atoms with van der Waals surface area (Å²) in [6.45, 7) is 0. The molecule has 0 unspecified atom stereocenters. The summed E-state index contributed by atoms with van der Waals surface area (Å²) in [4.78, 5) is 0. The molecule has 6 nitrogen and oxygen atoms in total. The van der Waals surface area contributed by atoms with Crippen LogP contribution in [0.15, 0.2) is 25.3 Å². The number of hydrogen-bond acceptors (Lipinski definition) is 4. The first-order valence-electron chi connectivity index (χ1n) is 5.61. The van der Waals surface area contributed by atoms with E-state index in [-0.39, 0.29) is 0 Å². The van der Waals surface area contributed by atoms with Crippen molar-refractivity contribution in [2.45, 2.75) is 37.8 Å². The molecule has 0 spiro atoms. The third-order valence-electron chi connectivity index (χ3n) is 3.38. The molecule has 0 aliphatic heterocycles. The van der Waals surface area contributed by atoms with E-state index in [1.54, 1.807) is 0 Å². The summed E-state index contributed by atoms with van der Waals surface area (Å²) in [5.41, 5.74) is 0. The lowest BCUT2D eigenvalue weighted by molar-refractivity contribution is 0.273. The number of hydrogen-bond donors (Lipinski definition) is 0. The van der Waals surface area contributed by atoms with E-state index in [4.69, 9.17) is 0 Å². The summed E-state index contributed by atoms with van der Waals surface area (Å²) >= 11 is 0. The van der Waals surface area contributed by atoms with Crippen LogP contribution in [0.1, 0.15) is 37.8 Å². The van der Waals surface area contributed by atoms with Gasteiger partial charge in [0.15, 0.2) is 0 Å². The SMILES string of the molecule is c1nncn1C1CCC(n2cnnc2)CC1. The topological polar surface area (TPSA) is 61.4 Å². The van der Waals surface area contributed by atoms with Crippen LogP contribution in [-0.4, -0.2) is 29.5 Å². The van der Waals surface area contributed by atoms with E-state index in [0.29, 0.717) is 12.1 Å².